The van der Waals surface area contributed by atoms with E-state index in [-0.39, 0.29) is 6.61 Å². The summed E-state index contributed by atoms with van der Waals surface area (Å²) in [7, 11) is 1.88. The third-order valence-electron chi connectivity index (χ3n) is 1.70. The zero-order valence-electron chi connectivity index (χ0n) is 7.33. The fraction of sp³-hybridized carbons (Fsp3) is 0.444. The molecule has 3 nitrogen and oxygen atoms in total. The summed E-state index contributed by atoms with van der Waals surface area (Å²) in [6, 6.07) is 0. The van der Waals surface area contributed by atoms with E-state index in [1.165, 1.54) is 0 Å². The number of aliphatic hydroxyl groups is 1. The Morgan fingerprint density at radius 3 is 2.92 bits per heavy atom. The molecule has 0 atom stereocenters. The average molecular weight is 164 g/mol. The van der Waals surface area contributed by atoms with Gasteiger partial charge in [0.2, 0.25) is 0 Å². The van der Waals surface area contributed by atoms with Crippen molar-refractivity contribution in [3.8, 4) is 11.8 Å². The van der Waals surface area contributed by atoms with E-state index in [2.05, 4.69) is 16.9 Å². The van der Waals surface area contributed by atoms with Crippen LogP contribution in [-0.2, 0) is 7.05 Å². The average Bonchev–Trinajstić information content (AvgIpc) is 2.36. The van der Waals surface area contributed by atoms with Gasteiger partial charge in [-0.2, -0.15) is 5.10 Å². The Kier molecular flexibility index (Phi) is 2.89. The van der Waals surface area contributed by atoms with Crippen LogP contribution in [0, 0.1) is 18.8 Å². The normalized spacial score (nSPS) is 9.25. The van der Waals surface area contributed by atoms with Crippen LogP contribution in [0.3, 0.4) is 0 Å². The van der Waals surface area contributed by atoms with E-state index in [1.54, 1.807) is 10.9 Å². The third-order valence-corrected chi connectivity index (χ3v) is 1.70. The second-order valence-electron chi connectivity index (χ2n) is 2.54. The fourth-order valence-electron chi connectivity index (χ4n) is 0.835. The van der Waals surface area contributed by atoms with Crippen molar-refractivity contribution in [2.75, 3.05) is 6.61 Å². The van der Waals surface area contributed by atoms with Crippen molar-refractivity contribution in [1.29, 1.82) is 0 Å². The summed E-state index contributed by atoms with van der Waals surface area (Å²) < 4.78 is 1.78. The minimum Gasteiger partial charge on any atom is -0.395 e. The number of aliphatic hydroxyl groups excluding tert-OH is 1. The van der Waals surface area contributed by atoms with Crippen LogP contribution in [0.15, 0.2) is 6.20 Å². The molecule has 1 rings (SSSR count). The maximum absolute atomic E-state index is 8.50. The molecule has 3 heteroatoms. The molecule has 0 aliphatic heterocycles. The smallest absolute Gasteiger partial charge is 0.0654 e. The Bertz CT molecular complexity index is 317. The number of nitrogens with zero attached hydrogens (tertiary/aromatic N) is 2. The molecule has 0 aromatic carbocycles. The minimum atomic E-state index is 0.117. The molecule has 0 aliphatic carbocycles. The van der Waals surface area contributed by atoms with Gasteiger partial charge in [-0.15, -0.1) is 0 Å². The second-order valence-corrected chi connectivity index (χ2v) is 2.54. The van der Waals surface area contributed by atoms with Crippen LogP contribution in [-0.4, -0.2) is 21.5 Å². The van der Waals surface area contributed by atoms with Crippen LogP contribution in [0.4, 0.5) is 0 Å². The van der Waals surface area contributed by atoms with E-state index >= 15 is 0 Å². The van der Waals surface area contributed by atoms with Gasteiger partial charge in [-0.3, -0.25) is 4.68 Å². The first-order valence-corrected chi connectivity index (χ1v) is 3.84. The Hall–Kier alpha value is -1.27. The fourth-order valence-corrected chi connectivity index (χ4v) is 0.835. The van der Waals surface area contributed by atoms with Crippen LogP contribution >= 0.6 is 0 Å². The molecule has 1 aromatic heterocycles. The van der Waals surface area contributed by atoms with Gasteiger partial charge in [-0.1, -0.05) is 11.8 Å². The predicted molar refractivity (Wildman–Crippen MR) is 46.5 cm³/mol. The molecule has 0 fully saturated rings. The molecule has 0 saturated heterocycles. The summed E-state index contributed by atoms with van der Waals surface area (Å²) in [6.45, 7) is 2.09. The van der Waals surface area contributed by atoms with E-state index < -0.39 is 0 Å². The summed E-state index contributed by atoms with van der Waals surface area (Å²) in [4.78, 5) is 0. The lowest BCUT2D eigenvalue weighted by Crippen LogP contribution is -1.92. The van der Waals surface area contributed by atoms with Gasteiger partial charge in [0.15, 0.2) is 0 Å². The molecular formula is C9H12N2O. The van der Waals surface area contributed by atoms with Gasteiger partial charge in [0.25, 0.3) is 0 Å². The number of hydrogen-bond donors (Lipinski definition) is 1. The molecule has 64 valence electrons. The van der Waals surface area contributed by atoms with Gasteiger partial charge in [0.05, 0.1) is 24.1 Å². The van der Waals surface area contributed by atoms with Crippen molar-refractivity contribution in [2.24, 2.45) is 7.05 Å². The Labute approximate surface area is 72.0 Å². The number of aryl methyl sites for hydroxylation is 1. The van der Waals surface area contributed by atoms with Gasteiger partial charge >= 0.3 is 0 Å². The van der Waals surface area contributed by atoms with Gasteiger partial charge in [-0.25, -0.2) is 0 Å². The van der Waals surface area contributed by atoms with E-state index in [9.17, 15) is 0 Å². The van der Waals surface area contributed by atoms with Crippen molar-refractivity contribution in [2.45, 2.75) is 13.3 Å². The first-order valence-electron chi connectivity index (χ1n) is 3.84. The zero-order valence-corrected chi connectivity index (χ0v) is 7.33. The van der Waals surface area contributed by atoms with E-state index in [1.807, 2.05) is 14.0 Å². The molecule has 0 radical (unpaired) electrons. The lowest BCUT2D eigenvalue weighted by Gasteiger charge is -1.91. The SMILES string of the molecule is Cc1c(C#CCCO)cnn1C. The molecule has 1 N–H and O–H groups in total. The van der Waals surface area contributed by atoms with Gasteiger partial charge in [0, 0.05) is 13.5 Å². The predicted octanol–water partition coefficient (Wildman–Crippen LogP) is 0.462. The highest BCUT2D eigenvalue weighted by atomic mass is 16.2. The van der Waals surface area contributed by atoms with Crippen molar-refractivity contribution < 1.29 is 5.11 Å². The summed E-state index contributed by atoms with van der Waals surface area (Å²) >= 11 is 0. The highest BCUT2D eigenvalue weighted by Crippen LogP contribution is 2.02. The van der Waals surface area contributed by atoms with Crippen molar-refractivity contribution >= 4 is 0 Å². The number of rotatable bonds is 1. The maximum Gasteiger partial charge on any atom is 0.0654 e. The molecule has 1 heterocycles. The monoisotopic (exact) mass is 164 g/mol. The summed E-state index contributed by atoms with van der Waals surface area (Å²) in [6.07, 6.45) is 2.26. The molecule has 0 spiro atoms. The Morgan fingerprint density at radius 2 is 2.42 bits per heavy atom. The van der Waals surface area contributed by atoms with Crippen LogP contribution in [0.1, 0.15) is 17.7 Å². The van der Waals surface area contributed by atoms with Crippen LogP contribution < -0.4 is 0 Å². The maximum atomic E-state index is 8.50. The topological polar surface area (TPSA) is 38.1 Å². The van der Waals surface area contributed by atoms with Gasteiger partial charge in [-0.05, 0) is 6.92 Å². The molecule has 0 saturated carbocycles. The van der Waals surface area contributed by atoms with Crippen molar-refractivity contribution in [3.05, 3.63) is 17.5 Å². The first kappa shape index (κ1) is 8.82. The Balaban J connectivity index is 2.78. The molecular weight excluding hydrogens is 152 g/mol. The number of hydrogen-bond acceptors (Lipinski definition) is 2. The molecule has 0 unspecified atom stereocenters. The van der Waals surface area contributed by atoms with Crippen LogP contribution in [0.5, 0.6) is 0 Å². The molecule has 0 aliphatic rings. The largest absolute Gasteiger partial charge is 0.395 e. The van der Waals surface area contributed by atoms with Crippen molar-refractivity contribution in [3.63, 3.8) is 0 Å². The molecule has 1 aromatic rings. The molecule has 0 amide bonds. The van der Waals surface area contributed by atoms with Crippen LogP contribution in [0.25, 0.3) is 0 Å². The molecule has 12 heavy (non-hydrogen) atoms. The van der Waals surface area contributed by atoms with Gasteiger partial charge < -0.3 is 5.11 Å². The molecule has 0 bridgehead atoms. The first-order chi connectivity index (χ1) is 5.75. The summed E-state index contributed by atoms with van der Waals surface area (Å²) in [5.41, 5.74) is 1.99. The van der Waals surface area contributed by atoms with Gasteiger partial charge in [0.1, 0.15) is 0 Å². The lowest BCUT2D eigenvalue weighted by atomic mass is 10.2. The zero-order chi connectivity index (χ0) is 8.97. The second kappa shape index (κ2) is 3.93. The standard InChI is InChI=1S/C9H12N2O/c1-8-9(5-3-4-6-12)7-10-11(8)2/h7,12H,4,6H2,1-2H3. The summed E-state index contributed by atoms with van der Waals surface area (Å²) in [5, 5.41) is 12.5. The lowest BCUT2D eigenvalue weighted by molar-refractivity contribution is 0.305. The number of aromatic nitrogens is 2. The van der Waals surface area contributed by atoms with Crippen molar-refractivity contribution in [1.82, 2.24) is 9.78 Å². The van der Waals surface area contributed by atoms with E-state index in [0.717, 1.165) is 11.3 Å². The van der Waals surface area contributed by atoms with E-state index in [4.69, 9.17) is 5.11 Å². The van der Waals surface area contributed by atoms with E-state index in [0.29, 0.717) is 6.42 Å². The highest BCUT2D eigenvalue weighted by Gasteiger charge is 1.97. The third kappa shape index (κ3) is 1.86. The quantitative estimate of drug-likeness (QED) is 0.612. The highest BCUT2D eigenvalue weighted by molar-refractivity contribution is 5.35. The van der Waals surface area contributed by atoms with Crippen LogP contribution in [0.2, 0.25) is 0 Å². The summed E-state index contributed by atoms with van der Waals surface area (Å²) in [5.74, 6) is 5.79. The minimum absolute atomic E-state index is 0.117. The Morgan fingerprint density at radius 1 is 1.67 bits per heavy atom.